The molecule has 8 heteroatoms. The van der Waals surface area contributed by atoms with Crippen molar-refractivity contribution in [3.63, 3.8) is 0 Å². The maximum absolute atomic E-state index is 11.8. The number of hydrogen-bond acceptors (Lipinski definition) is 5. The Morgan fingerprint density at radius 1 is 1.12 bits per heavy atom. The zero-order chi connectivity index (χ0) is 16.6. The number of nitrogens with zero attached hydrogens (tertiary/aromatic N) is 3. The summed E-state index contributed by atoms with van der Waals surface area (Å²) in [5.74, 6) is 1.71. The first-order valence-corrected chi connectivity index (χ1v) is 9.02. The Morgan fingerprint density at radius 2 is 1.96 bits per heavy atom. The summed E-state index contributed by atoms with van der Waals surface area (Å²) in [6.45, 7) is 0.353. The van der Waals surface area contributed by atoms with Crippen LogP contribution < -0.4 is 9.46 Å². The fourth-order valence-corrected chi connectivity index (χ4v) is 3.53. The van der Waals surface area contributed by atoms with Crippen LogP contribution in [0.25, 0.3) is 11.1 Å². The van der Waals surface area contributed by atoms with Gasteiger partial charge in [0.05, 0.1) is 18.5 Å². The normalized spacial score (nSPS) is 15.3. The number of anilines is 1. The summed E-state index contributed by atoms with van der Waals surface area (Å²) in [5.41, 5.74) is 1.59. The lowest BCUT2D eigenvalue weighted by atomic mass is 10.1. The van der Waals surface area contributed by atoms with Crippen LogP contribution in [0.1, 0.15) is 0 Å². The predicted octanol–water partition coefficient (Wildman–Crippen LogP) is 2.49. The smallest absolute Gasteiger partial charge is 0.235 e. The van der Waals surface area contributed by atoms with E-state index in [0.717, 1.165) is 11.1 Å². The van der Waals surface area contributed by atoms with Crippen LogP contribution in [0, 0.1) is 0 Å². The van der Waals surface area contributed by atoms with Crippen molar-refractivity contribution in [1.29, 1.82) is 0 Å². The second kappa shape index (κ2) is 5.64. The highest BCUT2D eigenvalue weighted by atomic mass is 32.2. The van der Waals surface area contributed by atoms with Gasteiger partial charge in [0, 0.05) is 17.8 Å². The molecule has 1 aliphatic heterocycles. The van der Waals surface area contributed by atoms with Gasteiger partial charge in [0.15, 0.2) is 0 Å². The fourth-order valence-electron chi connectivity index (χ4n) is 2.51. The Bertz CT molecular complexity index is 966. The summed E-state index contributed by atoms with van der Waals surface area (Å²) in [4.78, 5) is 4.11. The summed E-state index contributed by atoms with van der Waals surface area (Å²) >= 11 is 0. The Kier molecular flexibility index (Phi) is 3.46. The summed E-state index contributed by atoms with van der Waals surface area (Å²) in [5, 5.41) is 4.24. The molecule has 122 valence electrons. The van der Waals surface area contributed by atoms with Gasteiger partial charge in [0.25, 0.3) is 0 Å². The van der Waals surface area contributed by atoms with Crippen molar-refractivity contribution in [1.82, 2.24) is 14.8 Å². The van der Waals surface area contributed by atoms with Gasteiger partial charge in [0.2, 0.25) is 15.9 Å². The number of nitrogens with one attached hydrogen (secondary N) is 1. The summed E-state index contributed by atoms with van der Waals surface area (Å²) in [7, 11) is -3.29. The molecule has 7 nitrogen and oxygen atoms in total. The third kappa shape index (κ3) is 2.83. The van der Waals surface area contributed by atoms with Gasteiger partial charge >= 0.3 is 0 Å². The molecular formula is C16H14N4O3S. The summed E-state index contributed by atoms with van der Waals surface area (Å²) < 4.78 is 33.4. The number of aromatic nitrogens is 3. The maximum Gasteiger partial charge on any atom is 0.235 e. The number of benzene rings is 1. The lowest BCUT2D eigenvalue weighted by molar-refractivity contribution is 0.463. The van der Waals surface area contributed by atoms with Gasteiger partial charge in [-0.05, 0) is 23.8 Å². The van der Waals surface area contributed by atoms with E-state index in [2.05, 4.69) is 14.8 Å². The van der Waals surface area contributed by atoms with E-state index in [4.69, 9.17) is 4.74 Å². The van der Waals surface area contributed by atoms with E-state index < -0.39 is 10.0 Å². The van der Waals surface area contributed by atoms with Gasteiger partial charge in [-0.15, -0.1) is 0 Å². The van der Waals surface area contributed by atoms with E-state index in [1.165, 1.54) is 0 Å². The topological polar surface area (TPSA) is 86.1 Å². The number of ether oxygens (including phenoxy) is 1. The largest absolute Gasteiger partial charge is 0.439 e. The first-order chi connectivity index (χ1) is 11.6. The van der Waals surface area contributed by atoms with Crippen molar-refractivity contribution in [3.05, 3.63) is 54.9 Å². The Labute approximate surface area is 139 Å². The van der Waals surface area contributed by atoms with Crippen LogP contribution in [-0.4, -0.2) is 28.9 Å². The molecule has 3 heterocycles. The van der Waals surface area contributed by atoms with Crippen molar-refractivity contribution in [3.8, 4) is 22.8 Å². The molecule has 0 bridgehead atoms. The molecule has 0 saturated carbocycles. The molecule has 4 rings (SSSR count). The maximum atomic E-state index is 11.8. The Balaban J connectivity index is 1.61. The standard InChI is InChI=1S/C16H14N4O3S/c21-24(22)10-9-20-16(19-24)14(11-18-20)12-4-6-13(7-5-12)23-15-3-1-2-8-17-15/h1-8,11,19H,9-10H2. The minimum Gasteiger partial charge on any atom is -0.439 e. The molecule has 0 aliphatic carbocycles. The lowest BCUT2D eigenvalue weighted by Gasteiger charge is -2.17. The highest BCUT2D eigenvalue weighted by Gasteiger charge is 2.24. The monoisotopic (exact) mass is 342 g/mol. The predicted molar refractivity (Wildman–Crippen MR) is 89.4 cm³/mol. The van der Waals surface area contributed by atoms with E-state index in [9.17, 15) is 8.42 Å². The zero-order valence-electron chi connectivity index (χ0n) is 12.6. The molecular weight excluding hydrogens is 328 g/mol. The molecule has 1 N–H and O–H groups in total. The van der Waals surface area contributed by atoms with Gasteiger partial charge in [0.1, 0.15) is 11.6 Å². The van der Waals surface area contributed by atoms with Gasteiger partial charge in [-0.2, -0.15) is 5.10 Å². The molecule has 2 aromatic heterocycles. The van der Waals surface area contributed by atoms with Crippen molar-refractivity contribution in [2.45, 2.75) is 6.54 Å². The van der Waals surface area contributed by atoms with E-state index in [1.807, 2.05) is 36.4 Å². The number of rotatable bonds is 3. The fraction of sp³-hybridized carbons (Fsp3) is 0.125. The summed E-state index contributed by atoms with van der Waals surface area (Å²) in [6.07, 6.45) is 3.33. The molecule has 0 radical (unpaired) electrons. The van der Waals surface area contributed by atoms with Crippen molar-refractivity contribution >= 4 is 15.8 Å². The number of fused-ring (bicyclic) bond motifs is 1. The average molecular weight is 342 g/mol. The number of pyridine rings is 1. The van der Waals surface area contributed by atoms with Crippen LogP contribution in [0.5, 0.6) is 11.6 Å². The molecule has 1 aliphatic rings. The molecule has 0 amide bonds. The molecule has 1 aromatic carbocycles. The highest BCUT2D eigenvalue weighted by Crippen LogP contribution is 2.32. The van der Waals surface area contributed by atoms with Crippen LogP contribution in [0.15, 0.2) is 54.9 Å². The number of aryl methyl sites for hydroxylation is 1. The molecule has 0 spiro atoms. The molecule has 3 aromatic rings. The van der Waals surface area contributed by atoms with E-state index in [-0.39, 0.29) is 5.75 Å². The van der Waals surface area contributed by atoms with Crippen molar-refractivity contribution in [2.75, 3.05) is 10.5 Å². The molecule has 0 saturated heterocycles. The van der Waals surface area contributed by atoms with Gasteiger partial charge in [-0.25, -0.2) is 18.1 Å². The number of sulfonamides is 1. The van der Waals surface area contributed by atoms with Crippen LogP contribution in [0.3, 0.4) is 0 Å². The third-order valence-corrected chi connectivity index (χ3v) is 4.91. The second-order valence-electron chi connectivity index (χ2n) is 5.35. The molecule has 0 atom stereocenters. The Hall–Kier alpha value is -2.87. The minimum atomic E-state index is -3.29. The first-order valence-electron chi connectivity index (χ1n) is 7.36. The number of hydrogen-bond donors (Lipinski definition) is 1. The SMILES string of the molecule is O=S1(=O)CCn2ncc(-c3ccc(Oc4ccccn4)cc3)c2N1. The van der Waals surface area contributed by atoms with Crippen molar-refractivity contribution < 1.29 is 13.2 Å². The van der Waals surface area contributed by atoms with Gasteiger partial charge in [-0.3, -0.25) is 4.72 Å². The second-order valence-corrected chi connectivity index (χ2v) is 7.19. The highest BCUT2D eigenvalue weighted by molar-refractivity contribution is 7.92. The molecule has 0 fully saturated rings. The van der Waals surface area contributed by atoms with E-state index in [0.29, 0.717) is 24.0 Å². The lowest BCUT2D eigenvalue weighted by Crippen LogP contribution is -2.28. The van der Waals surface area contributed by atoms with Crippen LogP contribution >= 0.6 is 0 Å². The third-order valence-electron chi connectivity index (χ3n) is 3.69. The van der Waals surface area contributed by atoms with Crippen LogP contribution in [0.2, 0.25) is 0 Å². The molecule has 0 unspecified atom stereocenters. The Morgan fingerprint density at radius 3 is 2.71 bits per heavy atom. The average Bonchev–Trinajstić information content (AvgIpc) is 2.98. The van der Waals surface area contributed by atoms with Crippen LogP contribution in [-0.2, 0) is 16.6 Å². The molecule has 24 heavy (non-hydrogen) atoms. The zero-order valence-corrected chi connectivity index (χ0v) is 13.4. The summed E-state index contributed by atoms with van der Waals surface area (Å²) in [6, 6.07) is 12.8. The van der Waals surface area contributed by atoms with E-state index in [1.54, 1.807) is 23.1 Å². The minimum absolute atomic E-state index is 0.0397. The van der Waals surface area contributed by atoms with Crippen molar-refractivity contribution in [2.24, 2.45) is 0 Å². The quantitative estimate of drug-likeness (QED) is 0.790. The van der Waals surface area contributed by atoms with E-state index >= 15 is 0 Å². The van der Waals surface area contributed by atoms with Gasteiger partial charge in [-0.1, -0.05) is 18.2 Å². The van der Waals surface area contributed by atoms with Crippen LogP contribution in [0.4, 0.5) is 5.82 Å². The van der Waals surface area contributed by atoms with Gasteiger partial charge < -0.3 is 4.74 Å². The first kappa shape index (κ1) is 14.7.